The maximum atomic E-state index is 8.78. The Labute approximate surface area is 101 Å². The Morgan fingerprint density at radius 3 is 2.62 bits per heavy atom. The first-order valence-electron chi connectivity index (χ1n) is 5.65. The monoisotopic (exact) mass is 234 g/mol. The van der Waals surface area contributed by atoms with E-state index in [4.69, 9.17) is 16.9 Å². The van der Waals surface area contributed by atoms with E-state index in [9.17, 15) is 0 Å². The van der Waals surface area contributed by atoms with Crippen LogP contribution in [0.1, 0.15) is 25.3 Å². The van der Waals surface area contributed by atoms with Crippen LogP contribution in [0.5, 0.6) is 0 Å². The van der Waals surface area contributed by atoms with Gasteiger partial charge in [-0.1, -0.05) is 18.5 Å². The second-order valence-corrected chi connectivity index (χ2v) is 4.85. The van der Waals surface area contributed by atoms with Crippen molar-refractivity contribution in [3.8, 4) is 6.07 Å². The van der Waals surface area contributed by atoms with E-state index in [2.05, 4.69) is 17.9 Å². The lowest BCUT2D eigenvalue weighted by molar-refractivity contribution is 0.438. The summed E-state index contributed by atoms with van der Waals surface area (Å²) in [4.78, 5) is 2.31. The van der Waals surface area contributed by atoms with E-state index in [1.807, 2.05) is 12.1 Å². The highest BCUT2D eigenvalue weighted by atomic mass is 35.5. The highest BCUT2D eigenvalue weighted by Crippen LogP contribution is 2.30. The van der Waals surface area contributed by atoms with E-state index in [1.54, 1.807) is 6.07 Å². The van der Waals surface area contributed by atoms with Crippen LogP contribution in [0.2, 0.25) is 5.02 Å². The van der Waals surface area contributed by atoms with Crippen molar-refractivity contribution in [3.63, 3.8) is 0 Å². The molecule has 16 heavy (non-hydrogen) atoms. The molecule has 0 N–H and O–H groups in total. The zero-order chi connectivity index (χ0) is 11.5. The summed E-state index contributed by atoms with van der Waals surface area (Å²) < 4.78 is 0. The van der Waals surface area contributed by atoms with Crippen LogP contribution in [-0.4, -0.2) is 13.1 Å². The first-order valence-corrected chi connectivity index (χ1v) is 6.03. The van der Waals surface area contributed by atoms with Gasteiger partial charge in [0.15, 0.2) is 0 Å². The molecule has 0 bridgehead atoms. The summed E-state index contributed by atoms with van der Waals surface area (Å²) in [6, 6.07) is 7.63. The van der Waals surface area contributed by atoms with Gasteiger partial charge in [0.2, 0.25) is 0 Å². The third-order valence-corrected chi connectivity index (χ3v) is 3.50. The minimum absolute atomic E-state index is 0.624. The van der Waals surface area contributed by atoms with Gasteiger partial charge < -0.3 is 4.90 Å². The molecule has 0 saturated carbocycles. The fourth-order valence-electron chi connectivity index (χ4n) is 2.08. The topological polar surface area (TPSA) is 27.0 Å². The lowest BCUT2D eigenvalue weighted by Crippen LogP contribution is -2.32. The summed E-state index contributed by atoms with van der Waals surface area (Å²) in [7, 11) is 0. The van der Waals surface area contributed by atoms with E-state index >= 15 is 0 Å². The maximum absolute atomic E-state index is 8.78. The first-order chi connectivity index (χ1) is 7.70. The van der Waals surface area contributed by atoms with Crippen molar-refractivity contribution in [3.05, 3.63) is 28.8 Å². The van der Waals surface area contributed by atoms with Crippen LogP contribution in [0.3, 0.4) is 0 Å². The molecule has 84 valence electrons. The van der Waals surface area contributed by atoms with Crippen LogP contribution in [0.4, 0.5) is 5.69 Å². The van der Waals surface area contributed by atoms with Crippen LogP contribution >= 0.6 is 11.6 Å². The number of halogens is 1. The van der Waals surface area contributed by atoms with Crippen molar-refractivity contribution in [2.75, 3.05) is 18.0 Å². The fraction of sp³-hybridized carbons (Fsp3) is 0.462. The minimum atomic E-state index is 0.624. The highest BCUT2D eigenvalue weighted by molar-refractivity contribution is 6.33. The molecule has 1 aliphatic rings. The first kappa shape index (κ1) is 11.3. The molecule has 0 atom stereocenters. The highest BCUT2D eigenvalue weighted by Gasteiger charge is 2.17. The Balaban J connectivity index is 2.18. The largest absolute Gasteiger partial charge is 0.370 e. The van der Waals surface area contributed by atoms with E-state index in [0.29, 0.717) is 10.6 Å². The summed E-state index contributed by atoms with van der Waals surface area (Å²) in [6.07, 6.45) is 2.44. The summed E-state index contributed by atoms with van der Waals surface area (Å²) in [5.74, 6) is 0.813. The lowest BCUT2D eigenvalue weighted by atomic mass is 9.99. The van der Waals surface area contributed by atoms with Gasteiger partial charge in [0, 0.05) is 13.1 Å². The van der Waals surface area contributed by atoms with Crippen LogP contribution in [-0.2, 0) is 0 Å². The molecule has 1 saturated heterocycles. The fourth-order valence-corrected chi connectivity index (χ4v) is 2.38. The molecule has 1 heterocycles. The van der Waals surface area contributed by atoms with Gasteiger partial charge in [-0.25, -0.2) is 0 Å². The molecule has 2 nitrogen and oxygen atoms in total. The Hall–Kier alpha value is -1.20. The second-order valence-electron chi connectivity index (χ2n) is 4.45. The quantitative estimate of drug-likeness (QED) is 0.744. The summed E-state index contributed by atoms with van der Waals surface area (Å²) in [5.41, 5.74) is 1.69. The molecule has 3 heteroatoms. The molecular formula is C13H15ClN2. The average Bonchev–Trinajstić information content (AvgIpc) is 2.30. The number of hydrogen-bond donors (Lipinski definition) is 0. The van der Waals surface area contributed by atoms with Crippen LogP contribution in [0.25, 0.3) is 0 Å². The van der Waals surface area contributed by atoms with Crippen LogP contribution in [0.15, 0.2) is 18.2 Å². The Kier molecular flexibility index (Phi) is 3.36. The lowest BCUT2D eigenvalue weighted by Gasteiger charge is -2.32. The molecule has 0 unspecified atom stereocenters. The average molecular weight is 235 g/mol. The van der Waals surface area contributed by atoms with E-state index < -0.39 is 0 Å². The molecule has 1 aliphatic heterocycles. The zero-order valence-corrected chi connectivity index (χ0v) is 10.2. The SMILES string of the molecule is CC1CCN(c2ccc(C#N)cc2Cl)CC1. The van der Waals surface area contributed by atoms with Crippen molar-refractivity contribution in [2.45, 2.75) is 19.8 Å². The van der Waals surface area contributed by atoms with Gasteiger partial charge in [-0.15, -0.1) is 0 Å². The molecule has 1 aromatic rings. The molecular weight excluding hydrogens is 220 g/mol. The third-order valence-electron chi connectivity index (χ3n) is 3.20. The van der Waals surface area contributed by atoms with Crippen molar-refractivity contribution in [1.29, 1.82) is 5.26 Å². The second kappa shape index (κ2) is 4.76. The summed E-state index contributed by atoms with van der Waals surface area (Å²) in [6.45, 7) is 4.41. The van der Waals surface area contributed by atoms with Gasteiger partial charge in [-0.3, -0.25) is 0 Å². The smallest absolute Gasteiger partial charge is 0.0992 e. The van der Waals surface area contributed by atoms with Gasteiger partial charge in [0.1, 0.15) is 0 Å². The Bertz CT molecular complexity index is 414. The van der Waals surface area contributed by atoms with Gasteiger partial charge >= 0.3 is 0 Å². The minimum Gasteiger partial charge on any atom is -0.370 e. The molecule has 0 amide bonds. The van der Waals surface area contributed by atoms with Crippen LogP contribution in [0, 0.1) is 17.2 Å². The van der Waals surface area contributed by atoms with E-state index in [-0.39, 0.29) is 0 Å². The number of hydrogen-bond acceptors (Lipinski definition) is 2. The van der Waals surface area contributed by atoms with E-state index in [1.165, 1.54) is 12.8 Å². The van der Waals surface area contributed by atoms with Crippen molar-refractivity contribution < 1.29 is 0 Å². The van der Waals surface area contributed by atoms with E-state index in [0.717, 1.165) is 24.7 Å². The van der Waals surface area contributed by atoms with Gasteiger partial charge in [-0.2, -0.15) is 5.26 Å². The normalized spacial score (nSPS) is 17.2. The summed E-state index contributed by atoms with van der Waals surface area (Å²) >= 11 is 6.19. The summed E-state index contributed by atoms with van der Waals surface area (Å²) in [5, 5.41) is 9.46. The van der Waals surface area contributed by atoms with Gasteiger partial charge in [0.25, 0.3) is 0 Å². The van der Waals surface area contributed by atoms with Crippen molar-refractivity contribution >= 4 is 17.3 Å². The molecule has 0 radical (unpaired) electrons. The standard InChI is InChI=1S/C13H15ClN2/c1-10-4-6-16(7-5-10)13-3-2-11(9-15)8-12(13)14/h2-3,8,10H,4-7H2,1H3. The predicted molar refractivity (Wildman–Crippen MR) is 66.8 cm³/mol. The molecule has 1 aromatic carbocycles. The number of piperidine rings is 1. The third kappa shape index (κ3) is 2.31. The number of rotatable bonds is 1. The van der Waals surface area contributed by atoms with Crippen molar-refractivity contribution in [1.82, 2.24) is 0 Å². The van der Waals surface area contributed by atoms with Crippen molar-refractivity contribution in [2.24, 2.45) is 5.92 Å². The molecule has 2 rings (SSSR count). The molecule has 0 aromatic heterocycles. The number of nitrogens with zero attached hydrogens (tertiary/aromatic N) is 2. The number of anilines is 1. The molecule has 0 aliphatic carbocycles. The number of nitriles is 1. The number of benzene rings is 1. The predicted octanol–water partition coefficient (Wildman–Crippen LogP) is 3.45. The Morgan fingerprint density at radius 1 is 1.38 bits per heavy atom. The van der Waals surface area contributed by atoms with Crippen LogP contribution < -0.4 is 4.90 Å². The molecule has 1 fully saturated rings. The maximum Gasteiger partial charge on any atom is 0.0992 e. The van der Waals surface area contributed by atoms with Gasteiger partial charge in [0.05, 0.1) is 22.3 Å². The Morgan fingerprint density at radius 2 is 2.06 bits per heavy atom. The zero-order valence-electron chi connectivity index (χ0n) is 9.41. The van der Waals surface area contributed by atoms with Gasteiger partial charge in [-0.05, 0) is 37.0 Å². The molecule has 0 spiro atoms.